The molecule has 0 saturated carbocycles. The molecule has 0 bridgehead atoms. The van der Waals surface area contributed by atoms with Crippen molar-refractivity contribution in [2.24, 2.45) is 0 Å². The van der Waals surface area contributed by atoms with Crippen molar-refractivity contribution < 1.29 is 14.0 Å². The number of nitrogens with zero attached hydrogens (tertiary/aromatic N) is 2. The number of benzene rings is 2. The van der Waals surface area contributed by atoms with Crippen LogP contribution in [0, 0.1) is 12.7 Å². The largest absolute Gasteiger partial charge is 0.321 e. The fourth-order valence-corrected chi connectivity index (χ4v) is 4.17. The first-order valence-electron chi connectivity index (χ1n) is 10.3. The molecule has 3 N–H and O–H groups in total. The summed E-state index contributed by atoms with van der Waals surface area (Å²) >= 11 is 1.15. The van der Waals surface area contributed by atoms with E-state index >= 15 is 0 Å². The predicted molar refractivity (Wildman–Crippen MR) is 127 cm³/mol. The standard InChI is InChI=1S/C24H22FN5O2S/c1-13(2)21-28-22(30-29-21)17-9-4-5-10-18(17)26-24(32)20-14(3)11-19(33-20)27-23(31)15-7-6-8-16(25)12-15/h4-13H,1-3H3,(H,26,32)(H,27,31)(H,28,29,30). The minimum absolute atomic E-state index is 0.197. The maximum atomic E-state index is 13.4. The summed E-state index contributed by atoms with van der Waals surface area (Å²) in [6.45, 7) is 5.82. The SMILES string of the molecule is Cc1cc(NC(=O)c2cccc(F)c2)sc1C(=O)Nc1ccccc1-c1n[nH]c(C(C)C)n1. The lowest BCUT2D eigenvalue weighted by Gasteiger charge is -2.08. The Labute approximate surface area is 194 Å². The van der Waals surface area contributed by atoms with Gasteiger partial charge < -0.3 is 10.6 Å². The second kappa shape index (κ2) is 9.33. The van der Waals surface area contributed by atoms with Gasteiger partial charge in [-0.05, 0) is 48.9 Å². The fraction of sp³-hybridized carbons (Fsp3) is 0.167. The van der Waals surface area contributed by atoms with E-state index in [1.165, 1.54) is 18.2 Å². The number of thiophene rings is 1. The summed E-state index contributed by atoms with van der Waals surface area (Å²) in [6.07, 6.45) is 0. The van der Waals surface area contributed by atoms with E-state index in [2.05, 4.69) is 25.8 Å². The van der Waals surface area contributed by atoms with Crippen LogP contribution >= 0.6 is 11.3 Å². The molecule has 0 atom stereocenters. The number of amides is 2. The zero-order valence-electron chi connectivity index (χ0n) is 18.3. The number of aromatic amines is 1. The van der Waals surface area contributed by atoms with E-state index in [4.69, 9.17) is 0 Å². The quantitative estimate of drug-likeness (QED) is 0.346. The Balaban J connectivity index is 1.53. The lowest BCUT2D eigenvalue weighted by atomic mass is 10.1. The summed E-state index contributed by atoms with van der Waals surface area (Å²) in [5.74, 6) is 0.215. The summed E-state index contributed by atoms with van der Waals surface area (Å²) in [6, 6.07) is 14.4. The number of aromatic nitrogens is 3. The van der Waals surface area contributed by atoms with Crippen LogP contribution in [0.2, 0.25) is 0 Å². The number of halogens is 1. The minimum Gasteiger partial charge on any atom is -0.321 e. The number of H-pyrrole nitrogens is 1. The van der Waals surface area contributed by atoms with Gasteiger partial charge in [-0.1, -0.05) is 32.0 Å². The Hall–Kier alpha value is -3.85. The predicted octanol–water partition coefficient (Wildman–Crippen LogP) is 5.61. The van der Waals surface area contributed by atoms with Crippen LogP contribution in [0.3, 0.4) is 0 Å². The molecule has 0 fully saturated rings. The number of carbonyl (C=O) groups is 2. The van der Waals surface area contributed by atoms with E-state index in [1.807, 2.05) is 32.0 Å². The summed E-state index contributed by atoms with van der Waals surface area (Å²) in [7, 11) is 0. The van der Waals surface area contributed by atoms with Gasteiger partial charge in [0.1, 0.15) is 11.6 Å². The normalized spacial score (nSPS) is 10.9. The first-order chi connectivity index (χ1) is 15.8. The van der Waals surface area contributed by atoms with E-state index in [1.54, 1.807) is 19.1 Å². The lowest BCUT2D eigenvalue weighted by Crippen LogP contribution is -2.12. The fourth-order valence-electron chi connectivity index (χ4n) is 3.20. The van der Waals surface area contributed by atoms with Crippen molar-refractivity contribution in [1.29, 1.82) is 0 Å². The van der Waals surface area contributed by atoms with Crippen LogP contribution < -0.4 is 10.6 Å². The van der Waals surface area contributed by atoms with Gasteiger partial charge >= 0.3 is 0 Å². The molecular formula is C24H22FN5O2S. The molecule has 7 nitrogen and oxygen atoms in total. The molecule has 33 heavy (non-hydrogen) atoms. The lowest BCUT2D eigenvalue weighted by molar-refractivity contribution is 0.102. The number of carbonyl (C=O) groups excluding carboxylic acids is 2. The zero-order valence-corrected chi connectivity index (χ0v) is 19.1. The Morgan fingerprint density at radius 2 is 1.82 bits per heavy atom. The average molecular weight is 464 g/mol. The van der Waals surface area contributed by atoms with Gasteiger partial charge in [0.15, 0.2) is 5.82 Å². The van der Waals surface area contributed by atoms with E-state index in [0.29, 0.717) is 32.5 Å². The average Bonchev–Trinajstić information content (AvgIpc) is 3.41. The second-order valence-electron chi connectivity index (χ2n) is 7.79. The van der Waals surface area contributed by atoms with Gasteiger partial charge in [-0.25, -0.2) is 9.37 Å². The molecule has 0 saturated heterocycles. The summed E-state index contributed by atoms with van der Waals surface area (Å²) in [5, 5.41) is 13.4. The molecule has 2 aromatic carbocycles. The molecule has 2 heterocycles. The van der Waals surface area contributed by atoms with Crippen LogP contribution in [0.1, 0.15) is 51.2 Å². The topological polar surface area (TPSA) is 99.8 Å². The van der Waals surface area contributed by atoms with Crippen LogP contribution in [-0.2, 0) is 0 Å². The molecule has 4 rings (SSSR count). The highest BCUT2D eigenvalue weighted by Gasteiger charge is 2.19. The van der Waals surface area contributed by atoms with Gasteiger partial charge in [0, 0.05) is 17.0 Å². The van der Waals surface area contributed by atoms with Crippen LogP contribution in [0.4, 0.5) is 15.1 Å². The Kier molecular flexibility index (Phi) is 6.32. The van der Waals surface area contributed by atoms with Crippen LogP contribution in [0.25, 0.3) is 11.4 Å². The highest BCUT2D eigenvalue weighted by Crippen LogP contribution is 2.30. The van der Waals surface area contributed by atoms with Gasteiger partial charge in [0.25, 0.3) is 11.8 Å². The molecule has 2 aromatic heterocycles. The molecule has 0 aliphatic carbocycles. The molecule has 0 radical (unpaired) electrons. The van der Waals surface area contributed by atoms with E-state index in [0.717, 1.165) is 23.2 Å². The number of anilines is 2. The molecule has 2 amide bonds. The maximum absolute atomic E-state index is 13.4. The maximum Gasteiger partial charge on any atom is 0.266 e. The third-order valence-corrected chi connectivity index (χ3v) is 6.06. The summed E-state index contributed by atoms with van der Waals surface area (Å²) in [4.78, 5) is 30.4. The Morgan fingerprint density at radius 3 is 2.55 bits per heavy atom. The van der Waals surface area contributed by atoms with Gasteiger partial charge in [-0.3, -0.25) is 14.7 Å². The Morgan fingerprint density at radius 1 is 1.03 bits per heavy atom. The molecule has 0 aliphatic heterocycles. The van der Waals surface area contributed by atoms with Crippen LogP contribution in [0.15, 0.2) is 54.6 Å². The van der Waals surface area contributed by atoms with Crippen molar-refractivity contribution in [3.05, 3.63) is 82.2 Å². The second-order valence-corrected chi connectivity index (χ2v) is 8.84. The van der Waals surface area contributed by atoms with Crippen molar-refractivity contribution in [1.82, 2.24) is 15.2 Å². The summed E-state index contributed by atoms with van der Waals surface area (Å²) in [5.41, 5.74) is 2.19. The minimum atomic E-state index is -0.490. The molecule has 0 spiro atoms. The summed E-state index contributed by atoms with van der Waals surface area (Å²) < 4.78 is 13.4. The molecule has 9 heteroatoms. The van der Waals surface area contributed by atoms with E-state index < -0.39 is 11.7 Å². The third-order valence-electron chi connectivity index (χ3n) is 4.91. The van der Waals surface area contributed by atoms with Gasteiger partial charge in [0.2, 0.25) is 0 Å². The van der Waals surface area contributed by atoms with Gasteiger partial charge in [-0.2, -0.15) is 5.10 Å². The highest BCUT2D eigenvalue weighted by atomic mass is 32.1. The van der Waals surface area contributed by atoms with Gasteiger partial charge in [-0.15, -0.1) is 11.3 Å². The first-order valence-corrected chi connectivity index (χ1v) is 11.1. The van der Waals surface area contributed by atoms with Crippen LogP contribution in [0.5, 0.6) is 0 Å². The van der Waals surface area contributed by atoms with Crippen molar-refractivity contribution in [2.45, 2.75) is 26.7 Å². The molecule has 4 aromatic rings. The van der Waals surface area contributed by atoms with Crippen molar-refractivity contribution >= 4 is 33.8 Å². The van der Waals surface area contributed by atoms with Crippen LogP contribution in [-0.4, -0.2) is 27.0 Å². The highest BCUT2D eigenvalue weighted by molar-refractivity contribution is 7.18. The van der Waals surface area contributed by atoms with E-state index in [-0.39, 0.29) is 17.4 Å². The first kappa shape index (κ1) is 22.3. The number of nitrogens with one attached hydrogen (secondary N) is 3. The smallest absolute Gasteiger partial charge is 0.266 e. The molecule has 0 unspecified atom stereocenters. The third kappa shape index (κ3) is 4.98. The molecule has 0 aliphatic rings. The van der Waals surface area contributed by atoms with E-state index in [9.17, 15) is 14.0 Å². The molecular weight excluding hydrogens is 441 g/mol. The number of hydrogen-bond acceptors (Lipinski definition) is 5. The number of hydrogen-bond donors (Lipinski definition) is 3. The number of aryl methyl sites for hydroxylation is 1. The Bertz CT molecular complexity index is 1330. The van der Waals surface area contributed by atoms with Crippen molar-refractivity contribution in [3.8, 4) is 11.4 Å². The molecule has 168 valence electrons. The monoisotopic (exact) mass is 463 g/mol. The van der Waals surface area contributed by atoms with Crippen molar-refractivity contribution in [2.75, 3.05) is 10.6 Å². The van der Waals surface area contributed by atoms with Crippen molar-refractivity contribution in [3.63, 3.8) is 0 Å². The number of para-hydroxylation sites is 1. The van der Waals surface area contributed by atoms with Gasteiger partial charge in [0.05, 0.1) is 15.6 Å². The zero-order chi connectivity index (χ0) is 23.5. The number of rotatable bonds is 6.